The van der Waals surface area contributed by atoms with Crippen LogP contribution in [0.5, 0.6) is 5.75 Å². The Labute approximate surface area is 112 Å². The standard InChI is InChI=1S/C12H8ClF2N3O/c13-12-17-5-8(15)10(18-12)6-3-7(14)11-9(4-6)16-1-2-19-11/h3-5,16H,1-2H2. The number of ether oxygens (including phenoxy) is 1. The summed E-state index contributed by atoms with van der Waals surface area (Å²) in [6.07, 6.45) is 0.950. The van der Waals surface area contributed by atoms with Crippen LogP contribution in [-0.4, -0.2) is 23.1 Å². The van der Waals surface area contributed by atoms with Gasteiger partial charge >= 0.3 is 0 Å². The Morgan fingerprint density at radius 2 is 2.11 bits per heavy atom. The maximum absolute atomic E-state index is 13.9. The van der Waals surface area contributed by atoms with Crippen molar-refractivity contribution >= 4 is 17.3 Å². The highest BCUT2D eigenvalue weighted by Crippen LogP contribution is 2.35. The van der Waals surface area contributed by atoms with Gasteiger partial charge in [-0.1, -0.05) is 0 Å². The number of halogens is 3. The molecule has 1 aliphatic rings. The van der Waals surface area contributed by atoms with Crippen LogP contribution in [0.3, 0.4) is 0 Å². The summed E-state index contributed by atoms with van der Waals surface area (Å²) >= 11 is 5.63. The molecule has 0 bridgehead atoms. The quantitative estimate of drug-likeness (QED) is 0.818. The molecule has 0 aliphatic carbocycles. The minimum atomic E-state index is -0.666. The fourth-order valence-corrected chi connectivity index (χ4v) is 2.03. The van der Waals surface area contributed by atoms with Gasteiger partial charge < -0.3 is 10.1 Å². The molecule has 2 aromatic rings. The van der Waals surface area contributed by atoms with Crippen LogP contribution in [0.1, 0.15) is 0 Å². The molecule has 0 spiro atoms. The lowest BCUT2D eigenvalue weighted by molar-refractivity contribution is 0.306. The summed E-state index contributed by atoms with van der Waals surface area (Å²) < 4.78 is 32.8. The SMILES string of the molecule is Fc1cnc(Cl)nc1-c1cc(F)c2c(c1)NCCO2. The van der Waals surface area contributed by atoms with Crippen LogP contribution < -0.4 is 10.1 Å². The Kier molecular flexibility index (Phi) is 2.94. The number of hydrogen-bond donors (Lipinski definition) is 1. The van der Waals surface area contributed by atoms with Crippen LogP contribution in [0.4, 0.5) is 14.5 Å². The summed E-state index contributed by atoms with van der Waals surface area (Å²) in [5.74, 6) is -1.11. The highest BCUT2D eigenvalue weighted by molar-refractivity contribution is 6.28. The third-order valence-corrected chi connectivity index (χ3v) is 2.88. The van der Waals surface area contributed by atoms with Crippen LogP contribution in [0.15, 0.2) is 18.3 Å². The average Bonchev–Trinajstić information content (AvgIpc) is 2.41. The third kappa shape index (κ3) is 2.19. The largest absolute Gasteiger partial charge is 0.486 e. The highest BCUT2D eigenvalue weighted by atomic mass is 35.5. The van der Waals surface area contributed by atoms with Gasteiger partial charge in [-0.25, -0.2) is 18.7 Å². The molecule has 1 aliphatic heterocycles. The lowest BCUT2D eigenvalue weighted by Crippen LogP contribution is -2.19. The molecule has 0 atom stereocenters. The number of rotatable bonds is 1. The summed E-state index contributed by atoms with van der Waals surface area (Å²) in [7, 11) is 0. The number of fused-ring (bicyclic) bond motifs is 1. The molecule has 0 saturated heterocycles. The van der Waals surface area contributed by atoms with E-state index in [0.29, 0.717) is 18.8 Å². The molecule has 0 amide bonds. The zero-order chi connectivity index (χ0) is 13.4. The molecule has 1 N–H and O–H groups in total. The topological polar surface area (TPSA) is 47.0 Å². The number of benzene rings is 1. The summed E-state index contributed by atoms with van der Waals surface area (Å²) in [6, 6.07) is 2.73. The van der Waals surface area contributed by atoms with Gasteiger partial charge in [-0.15, -0.1) is 0 Å². The molecular formula is C12H8ClF2N3O. The summed E-state index contributed by atoms with van der Waals surface area (Å²) in [4.78, 5) is 7.30. The van der Waals surface area contributed by atoms with Crippen molar-refractivity contribution in [2.75, 3.05) is 18.5 Å². The average molecular weight is 284 g/mol. The van der Waals surface area contributed by atoms with Crippen molar-refractivity contribution in [3.05, 3.63) is 35.2 Å². The van der Waals surface area contributed by atoms with Crippen LogP contribution in [0.25, 0.3) is 11.3 Å². The zero-order valence-corrected chi connectivity index (χ0v) is 10.3. The van der Waals surface area contributed by atoms with E-state index in [4.69, 9.17) is 16.3 Å². The predicted molar refractivity (Wildman–Crippen MR) is 66.4 cm³/mol. The Morgan fingerprint density at radius 1 is 1.26 bits per heavy atom. The Balaban J connectivity index is 2.15. The molecule has 0 radical (unpaired) electrons. The number of hydrogen-bond acceptors (Lipinski definition) is 4. The minimum Gasteiger partial charge on any atom is -0.486 e. The van der Waals surface area contributed by atoms with Gasteiger partial charge in [0.2, 0.25) is 5.28 Å². The van der Waals surface area contributed by atoms with Crippen LogP contribution >= 0.6 is 11.6 Å². The van der Waals surface area contributed by atoms with Crippen molar-refractivity contribution in [2.45, 2.75) is 0 Å². The summed E-state index contributed by atoms with van der Waals surface area (Å²) in [6.45, 7) is 0.944. The number of nitrogens with one attached hydrogen (secondary N) is 1. The zero-order valence-electron chi connectivity index (χ0n) is 9.58. The third-order valence-electron chi connectivity index (χ3n) is 2.70. The van der Waals surface area contributed by atoms with E-state index in [1.807, 2.05) is 0 Å². The molecule has 2 heterocycles. The van der Waals surface area contributed by atoms with E-state index in [1.165, 1.54) is 0 Å². The second kappa shape index (κ2) is 4.62. The van der Waals surface area contributed by atoms with Gasteiger partial charge in [0.15, 0.2) is 17.4 Å². The van der Waals surface area contributed by atoms with Gasteiger partial charge in [0, 0.05) is 12.1 Å². The normalized spacial score (nSPS) is 13.4. The Bertz CT molecular complexity index is 651. The van der Waals surface area contributed by atoms with E-state index in [1.54, 1.807) is 6.07 Å². The van der Waals surface area contributed by atoms with Gasteiger partial charge in [0.25, 0.3) is 0 Å². The molecule has 3 rings (SSSR count). The first-order chi connectivity index (χ1) is 9.15. The number of nitrogens with zero attached hydrogens (tertiary/aromatic N) is 2. The van der Waals surface area contributed by atoms with Gasteiger partial charge in [-0.3, -0.25) is 0 Å². The Hall–Kier alpha value is -1.95. The lowest BCUT2D eigenvalue weighted by atomic mass is 10.1. The first-order valence-corrected chi connectivity index (χ1v) is 5.91. The van der Waals surface area contributed by atoms with E-state index >= 15 is 0 Å². The van der Waals surface area contributed by atoms with Crippen molar-refractivity contribution in [2.24, 2.45) is 0 Å². The monoisotopic (exact) mass is 283 g/mol. The van der Waals surface area contributed by atoms with Crippen LogP contribution in [-0.2, 0) is 0 Å². The number of anilines is 1. The van der Waals surface area contributed by atoms with Gasteiger partial charge in [0.1, 0.15) is 12.3 Å². The van der Waals surface area contributed by atoms with Gasteiger partial charge in [-0.2, -0.15) is 0 Å². The van der Waals surface area contributed by atoms with Crippen LogP contribution in [0, 0.1) is 11.6 Å². The van der Waals surface area contributed by atoms with Gasteiger partial charge in [-0.05, 0) is 23.7 Å². The minimum absolute atomic E-state index is 0.0472. The van der Waals surface area contributed by atoms with E-state index in [2.05, 4.69) is 15.3 Å². The van der Waals surface area contributed by atoms with Crippen molar-refractivity contribution < 1.29 is 13.5 Å². The van der Waals surface area contributed by atoms with Crippen molar-refractivity contribution in [1.29, 1.82) is 0 Å². The summed E-state index contributed by atoms with van der Waals surface area (Å²) in [5, 5.41) is 2.89. The first-order valence-electron chi connectivity index (χ1n) is 5.54. The second-order valence-corrected chi connectivity index (χ2v) is 4.28. The molecule has 0 unspecified atom stereocenters. The molecule has 1 aromatic carbocycles. The molecule has 0 fully saturated rings. The molecule has 98 valence electrons. The highest BCUT2D eigenvalue weighted by Gasteiger charge is 2.19. The van der Waals surface area contributed by atoms with Gasteiger partial charge in [0.05, 0.1) is 11.9 Å². The molecule has 19 heavy (non-hydrogen) atoms. The predicted octanol–water partition coefficient (Wildman–Crippen LogP) is 2.88. The number of aromatic nitrogens is 2. The van der Waals surface area contributed by atoms with Crippen molar-refractivity contribution in [1.82, 2.24) is 9.97 Å². The van der Waals surface area contributed by atoms with E-state index in [-0.39, 0.29) is 22.3 Å². The van der Waals surface area contributed by atoms with Crippen LogP contribution in [0.2, 0.25) is 5.28 Å². The first kappa shape index (κ1) is 12.1. The molecule has 0 saturated carbocycles. The van der Waals surface area contributed by atoms with E-state index < -0.39 is 11.6 Å². The van der Waals surface area contributed by atoms with E-state index in [9.17, 15) is 8.78 Å². The maximum atomic E-state index is 13.9. The fourth-order valence-electron chi connectivity index (χ4n) is 1.90. The van der Waals surface area contributed by atoms with Crippen molar-refractivity contribution in [3.63, 3.8) is 0 Å². The Morgan fingerprint density at radius 3 is 2.95 bits per heavy atom. The molecule has 1 aromatic heterocycles. The smallest absolute Gasteiger partial charge is 0.223 e. The van der Waals surface area contributed by atoms with Crippen molar-refractivity contribution in [3.8, 4) is 17.0 Å². The molecule has 7 heteroatoms. The molecule has 4 nitrogen and oxygen atoms in total. The maximum Gasteiger partial charge on any atom is 0.223 e. The summed E-state index contributed by atoms with van der Waals surface area (Å²) in [5.41, 5.74) is 0.695. The fraction of sp³-hybridized carbons (Fsp3) is 0.167. The lowest BCUT2D eigenvalue weighted by Gasteiger charge is -2.20. The van der Waals surface area contributed by atoms with E-state index in [0.717, 1.165) is 12.3 Å². The molecular weight excluding hydrogens is 276 g/mol. The second-order valence-electron chi connectivity index (χ2n) is 3.95.